The van der Waals surface area contributed by atoms with Crippen LogP contribution in [0, 0.1) is 5.82 Å². The summed E-state index contributed by atoms with van der Waals surface area (Å²) < 4.78 is 15.7. The molecule has 1 saturated heterocycles. The average Bonchev–Trinajstić information content (AvgIpc) is 2.81. The maximum atomic E-state index is 14.2. The van der Waals surface area contributed by atoms with Crippen LogP contribution >= 0.6 is 0 Å². The molecule has 4 rings (SSSR count). The lowest BCUT2D eigenvalue weighted by Crippen LogP contribution is -2.62. The van der Waals surface area contributed by atoms with Crippen molar-refractivity contribution in [2.75, 3.05) is 18.0 Å². The summed E-state index contributed by atoms with van der Waals surface area (Å²) in [5.74, 6) is -0.548. The minimum Gasteiger partial charge on any atom is -0.388 e. The Morgan fingerprint density at radius 3 is 2.66 bits per heavy atom. The molecule has 2 atom stereocenters. The Kier molecular flexibility index (Phi) is 6.32. The Labute approximate surface area is 185 Å². The first-order valence-corrected chi connectivity index (χ1v) is 10.6. The molecule has 1 amide bonds. The quantitative estimate of drug-likeness (QED) is 0.618. The minimum absolute atomic E-state index is 0.0871. The van der Waals surface area contributed by atoms with Crippen molar-refractivity contribution in [3.63, 3.8) is 0 Å². The molecule has 0 spiro atoms. The fourth-order valence-electron chi connectivity index (χ4n) is 4.21. The highest BCUT2D eigenvalue weighted by Crippen LogP contribution is 2.35. The Morgan fingerprint density at radius 2 is 1.94 bits per heavy atom. The summed E-state index contributed by atoms with van der Waals surface area (Å²) in [4.78, 5) is 30.6. The van der Waals surface area contributed by atoms with Gasteiger partial charge < -0.3 is 19.9 Å². The molecular weight excluding hydrogens is 411 g/mol. The standard InChI is InChI=1S/C24H25FN4O3/c25-19-9-6-13-26-23(19)29-16-12-24(20(30)17-29,18-7-2-1-3-8-18)27-21(31)11-15-28-14-5-4-10-22(28)32/h1-10,13-14,20,30H,11-12,15-17H2,(H,27,31)/t20-,24+/m1/s1. The first-order chi connectivity index (χ1) is 15.5. The number of aryl methyl sites for hydroxylation is 1. The number of benzene rings is 1. The third-order valence-electron chi connectivity index (χ3n) is 5.91. The lowest BCUT2D eigenvalue weighted by molar-refractivity contribution is -0.125. The molecule has 1 fully saturated rings. The van der Waals surface area contributed by atoms with Gasteiger partial charge in [-0.05, 0) is 30.2 Å². The molecule has 166 valence electrons. The number of aliphatic hydroxyl groups is 1. The van der Waals surface area contributed by atoms with Gasteiger partial charge in [-0.2, -0.15) is 0 Å². The van der Waals surface area contributed by atoms with E-state index in [-0.39, 0.29) is 36.8 Å². The fraction of sp³-hybridized carbons (Fsp3) is 0.292. The molecule has 0 radical (unpaired) electrons. The second-order valence-electron chi connectivity index (χ2n) is 7.89. The second kappa shape index (κ2) is 9.32. The monoisotopic (exact) mass is 436 g/mol. The molecule has 8 heteroatoms. The predicted octanol–water partition coefficient (Wildman–Crippen LogP) is 2.06. The number of nitrogens with zero attached hydrogens (tertiary/aromatic N) is 3. The van der Waals surface area contributed by atoms with E-state index in [0.29, 0.717) is 13.0 Å². The van der Waals surface area contributed by atoms with Gasteiger partial charge in [0.2, 0.25) is 5.91 Å². The molecule has 0 unspecified atom stereocenters. The molecule has 3 aromatic rings. The largest absolute Gasteiger partial charge is 0.388 e. The van der Waals surface area contributed by atoms with Gasteiger partial charge in [-0.1, -0.05) is 36.4 Å². The van der Waals surface area contributed by atoms with E-state index >= 15 is 0 Å². The van der Waals surface area contributed by atoms with Gasteiger partial charge in [-0.15, -0.1) is 0 Å². The topological polar surface area (TPSA) is 87.5 Å². The number of pyridine rings is 2. The number of nitrogens with one attached hydrogen (secondary N) is 1. The number of carbonyl (C=O) groups excluding carboxylic acids is 1. The van der Waals surface area contributed by atoms with Crippen molar-refractivity contribution in [2.24, 2.45) is 0 Å². The Bertz CT molecular complexity index is 1140. The highest BCUT2D eigenvalue weighted by molar-refractivity contribution is 5.77. The van der Waals surface area contributed by atoms with E-state index < -0.39 is 17.5 Å². The van der Waals surface area contributed by atoms with Gasteiger partial charge >= 0.3 is 0 Å². The molecule has 1 aliphatic rings. The molecule has 32 heavy (non-hydrogen) atoms. The molecule has 2 N–H and O–H groups in total. The number of piperidine rings is 1. The summed E-state index contributed by atoms with van der Waals surface area (Å²) in [7, 11) is 0. The molecule has 0 bridgehead atoms. The van der Waals surface area contributed by atoms with Crippen LogP contribution in [0.2, 0.25) is 0 Å². The zero-order chi connectivity index (χ0) is 22.6. The van der Waals surface area contributed by atoms with Crippen LogP contribution in [0.15, 0.2) is 77.9 Å². The van der Waals surface area contributed by atoms with Crippen molar-refractivity contribution in [3.05, 3.63) is 94.8 Å². The Morgan fingerprint density at radius 1 is 1.16 bits per heavy atom. The normalized spacial score (nSPS) is 20.7. The smallest absolute Gasteiger partial charge is 0.250 e. The van der Waals surface area contributed by atoms with E-state index in [4.69, 9.17) is 0 Å². The van der Waals surface area contributed by atoms with Gasteiger partial charge in [-0.25, -0.2) is 9.37 Å². The number of halogens is 1. The van der Waals surface area contributed by atoms with Crippen molar-refractivity contribution < 1.29 is 14.3 Å². The first-order valence-electron chi connectivity index (χ1n) is 10.6. The van der Waals surface area contributed by atoms with Crippen molar-refractivity contribution in [1.29, 1.82) is 0 Å². The number of rotatable bonds is 6. The van der Waals surface area contributed by atoms with E-state index in [1.54, 1.807) is 23.2 Å². The number of amides is 1. The number of β-amino-alcohol motifs (C(OH)–C–C–N with tert-alkyl or cyclic N) is 1. The summed E-state index contributed by atoms with van der Waals surface area (Å²) in [6.45, 7) is 0.747. The predicted molar refractivity (Wildman–Crippen MR) is 119 cm³/mol. The van der Waals surface area contributed by atoms with Crippen LogP contribution in [0.5, 0.6) is 0 Å². The second-order valence-corrected chi connectivity index (χ2v) is 7.89. The van der Waals surface area contributed by atoms with E-state index in [2.05, 4.69) is 10.3 Å². The summed E-state index contributed by atoms with van der Waals surface area (Å²) in [5.41, 5.74) is -0.426. The van der Waals surface area contributed by atoms with E-state index in [0.717, 1.165) is 5.56 Å². The van der Waals surface area contributed by atoms with E-state index in [9.17, 15) is 19.1 Å². The number of carbonyl (C=O) groups is 1. The van der Waals surface area contributed by atoms with Gasteiger partial charge in [-0.3, -0.25) is 9.59 Å². The van der Waals surface area contributed by atoms with Gasteiger partial charge in [0.1, 0.15) is 0 Å². The van der Waals surface area contributed by atoms with Gasteiger partial charge in [0, 0.05) is 44.5 Å². The highest BCUT2D eigenvalue weighted by atomic mass is 19.1. The summed E-state index contributed by atoms with van der Waals surface area (Å²) >= 11 is 0. The van der Waals surface area contributed by atoms with Crippen LogP contribution < -0.4 is 15.8 Å². The van der Waals surface area contributed by atoms with Crippen molar-refractivity contribution in [3.8, 4) is 0 Å². The number of hydrogen-bond donors (Lipinski definition) is 2. The lowest BCUT2D eigenvalue weighted by atomic mass is 9.78. The molecular formula is C24H25FN4O3. The highest BCUT2D eigenvalue weighted by Gasteiger charge is 2.45. The maximum Gasteiger partial charge on any atom is 0.250 e. The summed E-state index contributed by atoms with van der Waals surface area (Å²) in [5, 5.41) is 14.2. The molecule has 1 aliphatic heterocycles. The van der Waals surface area contributed by atoms with Crippen LogP contribution in [0.3, 0.4) is 0 Å². The minimum atomic E-state index is -1.03. The van der Waals surface area contributed by atoms with Gasteiger partial charge in [0.25, 0.3) is 5.56 Å². The van der Waals surface area contributed by atoms with Crippen LogP contribution in [-0.4, -0.2) is 39.8 Å². The first kappa shape index (κ1) is 21.7. The van der Waals surface area contributed by atoms with Crippen molar-refractivity contribution in [1.82, 2.24) is 14.9 Å². The van der Waals surface area contributed by atoms with Crippen LogP contribution in [-0.2, 0) is 16.9 Å². The maximum absolute atomic E-state index is 14.2. The van der Waals surface area contributed by atoms with Crippen LogP contribution in [0.1, 0.15) is 18.4 Å². The molecule has 2 aromatic heterocycles. The zero-order valence-corrected chi connectivity index (χ0v) is 17.5. The van der Waals surface area contributed by atoms with Crippen molar-refractivity contribution in [2.45, 2.75) is 31.0 Å². The number of anilines is 1. The summed E-state index contributed by atoms with van der Waals surface area (Å²) in [6.07, 6.45) is 2.60. The Balaban J connectivity index is 1.54. The average molecular weight is 436 g/mol. The fourth-order valence-corrected chi connectivity index (χ4v) is 4.21. The van der Waals surface area contributed by atoms with E-state index in [1.165, 1.54) is 29.0 Å². The SMILES string of the molecule is O=C(CCn1ccccc1=O)N[C@]1(c2ccccc2)CCN(c2ncccc2F)C[C@H]1O. The third-order valence-corrected chi connectivity index (χ3v) is 5.91. The summed E-state index contributed by atoms with van der Waals surface area (Å²) in [6, 6.07) is 17.0. The Hall–Kier alpha value is -3.52. The van der Waals surface area contributed by atoms with E-state index in [1.807, 2.05) is 30.3 Å². The van der Waals surface area contributed by atoms with Crippen LogP contribution in [0.4, 0.5) is 10.2 Å². The number of hydrogen-bond acceptors (Lipinski definition) is 5. The lowest BCUT2D eigenvalue weighted by Gasteiger charge is -2.46. The number of aliphatic hydroxyl groups excluding tert-OH is 1. The number of aromatic nitrogens is 2. The zero-order valence-electron chi connectivity index (χ0n) is 17.5. The van der Waals surface area contributed by atoms with Crippen LogP contribution in [0.25, 0.3) is 0 Å². The molecule has 0 saturated carbocycles. The molecule has 0 aliphatic carbocycles. The van der Waals surface area contributed by atoms with Gasteiger partial charge in [0.15, 0.2) is 11.6 Å². The van der Waals surface area contributed by atoms with Crippen molar-refractivity contribution >= 4 is 11.7 Å². The third kappa shape index (κ3) is 4.40. The molecule has 7 nitrogen and oxygen atoms in total. The molecule has 3 heterocycles. The van der Waals surface area contributed by atoms with Gasteiger partial charge in [0.05, 0.1) is 11.6 Å². The molecule has 1 aromatic carbocycles.